The number of aromatic nitrogens is 4. The van der Waals surface area contributed by atoms with Crippen LogP contribution in [0.2, 0.25) is 0 Å². The minimum atomic E-state index is 0.215. The van der Waals surface area contributed by atoms with Crippen LogP contribution in [0.3, 0.4) is 0 Å². The van der Waals surface area contributed by atoms with Crippen molar-refractivity contribution < 1.29 is 0 Å². The van der Waals surface area contributed by atoms with Gasteiger partial charge >= 0.3 is 0 Å². The molecule has 126 valence electrons. The van der Waals surface area contributed by atoms with E-state index in [1.807, 2.05) is 6.07 Å². The number of nitrogens with zero attached hydrogens (tertiary/aromatic N) is 5. The van der Waals surface area contributed by atoms with E-state index in [4.69, 9.17) is 4.98 Å². The molecular weight excluding hydrogens is 310 g/mol. The van der Waals surface area contributed by atoms with Gasteiger partial charge in [-0.1, -0.05) is 44.2 Å². The summed E-state index contributed by atoms with van der Waals surface area (Å²) in [4.78, 5) is 20.1. The molecule has 0 spiro atoms. The van der Waals surface area contributed by atoms with Gasteiger partial charge in [-0.05, 0) is 23.5 Å². The first-order valence-corrected chi connectivity index (χ1v) is 8.53. The minimum absolute atomic E-state index is 0.215. The van der Waals surface area contributed by atoms with E-state index in [1.165, 1.54) is 5.56 Å². The molecule has 1 aliphatic heterocycles. The number of hydrogen-bond acceptors (Lipinski definition) is 5. The third-order valence-corrected chi connectivity index (χ3v) is 4.63. The van der Waals surface area contributed by atoms with Gasteiger partial charge in [-0.25, -0.2) is 9.97 Å². The fourth-order valence-corrected chi connectivity index (χ4v) is 3.51. The molecule has 0 N–H and O–H groups in total. The predicted octanol–water partition coefficient (Wildman–Crippen LogP) is 3.91. The first kappa shape index (κ1) is 15.7. The minimum Gasteiger partial charge on any atom is -0.333 e. The molecule has 3 aromatic rings. The molecule has 25 heavy (non-hydrogen) atoms. The highest BCUT2D eigenvalue weighted by atomic mass is 15.3. The zero-order chi connectivity index (χ0) is 17.3. The van der Waals surface area contributed by atoms with E-state index in [9.17, 15) is 0 Å². The summed E-state index contributed by atoms with van der Waals surface area (Å²) < 4.78 is 0. The molecule has 0 amide bonds. The van der Waals surface area contributed by atoms with Gasteiger partial charge in [-0.3, -0.25) is 9.97 Å². The summed E-state index contributed by atoms with van der Waals surface area (Å²) in [5.74, 6) is 0.752. The van der Waals surface area contributed by atoms with Crippen LogP contribution in [0.25, 0.3) is 11.4 Å². The highest BCUT2D eigenvalue weighted by Gasteiger charge is 2.39. The van der Waals surface area contributed by atoms with Gasteiger partial charge in [0.1, 0.15) is 5.69 Å². The highest BCUT2D eigenvalue weighted by molar-refractivity contribution is 5.55. The van der Waals surface area contributed by atoms with Crippen molar-refractivity contribution in [3.05, 3.63) is 66.7 Å². The van der Waals surface area contributed by atoms with Crippen molar-refractivity contribution in [3.63, 3.8) is 0 Å². The normalized spacial score (nSPS) is 19.1. The topological polar surface area (TPSA) is 54.8 Å². The molecule has 1 unspecified atom stereocenters. The summed E-state index contributed by atoms with van der Waals surface area (Å²) in [6, 6.07) is 12.8. The SMILES string of the molecule is CC1(C)CC(c2ccccc2)N(c2nccc(-c3cnccn3)n2)C1. The molecule has 1 saturated heterocycles. The lowest BCUT2D eigenvalue weighted by Gasteiger charge is -2.25. The molecule has 4 rings (SSSR count). The van der Waals surface area contributed by atoms with Crippen LogP contribution in [-0.2, 0) is 0 Å². The average Bonchev–Trinajstić information content (AvgIpc) is 2.99. The zero-order valence-electron chi connectivity index (χ0n) is 14.5. The van der Waals surface area contributed by atoms with Crippen LogP contribution in [0.4, 0.5) is 5.95 Å². The maximum absolute atomic E-state index is 4.78. The Kier molecular flexibility index (Phi) is 3.92. The maximum atomic E-state index is 4.78. The molecule has 2 aromatic heterocycles. The van der Waals surface area contributed by atoms with Crippen molar-refractivity contribution in [2.45, 2.75) is 26.3 Å². The van der Waals surface area contributed by atoms with E-state index in [0.29, 0.717) is 0 Å². The molecule has 0 bridgehead atoms. The van der Waals surface area contributed by atoms with Gasteiger partial charge in [0.15, 0.2) is 0 Å². The van der Waals surface area contributed by atoms with E-state index in [2.05, 4.69) is 64.0 Å². The summed E-state index contributed by atoms with van der Waals surface area (Å²) in [6.07, 6.45) is 7.97. The fourth-order valence-electron chi connectivity index (χ4n) is 3.51. The lowest BCUT2D eigenvalue weighted by atomic mass is 9.89. The molecule has 1 aliphatic rings. The molecule has 5 nitrogen and oxygen atoms in total. The Morgan fingerprint density at radius 1 is 0.960 bits per heavy atom. The molecule has 1 aromatic carbocycles. The van der Waals surface area contributed by atoms with E-state index in [1.54, 1.807) is 24.8 Å². The Balaban J connectivity index is 1.72. The lowest BCUT2D eigenvalue weighted by molar-refractivity contribution is 0.404. The molecule has 1 atom stereocenters. The summed E-state index contributed by atoms with van der Waals surface area (Å²) in [6.45, 7) is 5.53. The van der Waals surface area contributed by atoms with Crippen molar-refractivity contribution in [3.8, 4) is 11.4 Å². The van der Waals surface area contributed by atoms with Gasteiger partial charge in [-0.15, -0.1) is 0 Å². The van der Waals surface area contributed by atoms with Gasteiger partial charge < -0.3 is 4.90 Å². The highest BCUT2D eigenvalue weighted by Crippen LogP contribution is 2.44. The van der Waals surface area contributed by atoms with Gasteiger partial charge in [0, 0.05) is 25.1 Å². The summed E-state index contributed by atoms with van der Waals surface area (Å²) >= 11 is 0. The third-order valence-electron chi connectivity index (χ3n) is 4.63. The van der Waals surface area contributed by atoms with Gasteiger partial charge in [-0.2, -0.15) is 0 Å². The van der Waals surface area contributed by atoms with Gasteiger partial charge in [0.2, 0.25) is 5.95 Å². The monoisotopic (exact) mass is 331 g/mol. The lowest BCUT2D eigenvalue weighted by Crippen LogP contribution is -2.27. The van der Waals surface area contributed by atoms with Crippen molar-refractivity contribution >= 4 is 5.95 Å². The van der Waals surface area contributed by atoms with Gasteiger partial charge in [0.25, 0.3) is 0 Å². The first-order chi connectivity index (χ1) is 12.1. The summed E-state index contributed by atoms with van der Waals surface area (Å²) in [7, 11) is 0. The zero-order valence-corrected chi connectivity index (χ0v) is 14.5. The first-order valence-electron chi connectivity index (χ1n) is 8.53. The van der Waals surface area contributed by atoms with Crippen molar-refractivity contribution in [2.24, 2.45) is 5.41 Å². The molecular formula is C20H21N5. The Morgan fingerprint density at radius 2 is 1.80 bits per heavy atom. The maximum Gasteiger partial charge on any atom is 0.226 e. The van der Waals surface area contributed by atoms with E-state index in [-0.39, 0.29) is 11.5 Å². The van der Waals surface area contributed by atoms with Crippen LogP contribution in [0.15, 0.2) is 61.2 Å². The van der Waals surface area contributed by atoms with E-state index < -0.39 is 0 Å². The number of rotatable bonds is 3. The second-order valence-corrected chi connectivity index (χ2v) is 7.26. The van der Waals surface area contributed by atoms with Crippen molar-refractivity contribution in [1.82, 2.24) is 19.9 Å². The molecule has 3 heterocycles. The standard InChI is InChI=1S/C20H21N5/c1-20(2)12-18(15-6-4-3-5-7-15)25(14-20)19-23-9-8-16(24-19)17-13-21-10-11-22-17/h3-11,13,18H,12,14H2,1-2H3. The van der Waals surface area contributed by atoms with Crippen LogP contribution in [0.5, 0.6) is 0 Å². The third kappa shape index (κ3) is 3.22. The van der Waals surface area contributed by atoms with Crippen LogP contribution in [0.1, 0.15) is 31.9 Å². The summed E-state index contributed by atoms with van der Waals surface area (Å²) in [5.41, 5.74) is 3.09. The van der Waals surface area contributed by atoms with Crippen LogP contribution in [-0.4, -0.2) is 26.5 Å². The average molecular weight is 331 g/mol. The second-order valence-electron chi connectivity index (χ2n) is 7.26. The van der Waals surface area contributed by atoms with Crippen molar-refractivity contribution in [2.75, 3.05) is 11.4 Å². The molecule has 0 radical (unpaired) electrons. The van der Waals surface area contributed by atoms with Gasteiger partial charge in [0.05, 0.1) is 17.9 Å². The largest absolute Gasteiger partial charge is 0.333 e. The Labute approximate surface area is 147 Å². The summed E-state index contributed by atoms with van der Waals surface area (Å²) in [5, 5.41) is 0. The van der Waals surface area contributed by atoms with Crippen molar-refractivity contribution in [1.29, 1.82) is 0 Å². The predicted molar refractivity (Wildman–Crippen MR) is 98.0 cm³/mol. The Morgan fingerprint density at radius 3 is 2.56 bits per heavy atom. The molecule has 5 heteroatoms. The smallest absolute Gasteiger partial charge is 0.226 e. The van der Waals surface area contributed by atoms with E-state index in [0.717, 1.165) is 30.3 Å². The van der Waals surface area contributed by atoms with Crippen LogP contribution < -0.4 is 4.90 Å². The number of hydrogen-bond donors (Lipinski definition) is 0. The fraction of sp³-hybridized carbons (Fsp3) is 0.300. The number of anilines is 1. The molecule has 1 fully saturated rings. The second kappa shape index (κ2) is 6.24. The Hall–Kier alpha value is -2.82. The van der Waals surface area contributed by atoms with E-state index >= 15 is 0 Å². The Bertz CT molecular complexity index is 848. The number of benzene rings is 1. The van der Waals surface area contributed by atoms with Crippen LogP contribution >= 0.6 is 0 Å². The quantitative estimate of drug-likeness (QED) is 0.728. The molecule has 0 saturated carbocycles. The molecule has 0 aliphatic carbocycles. The van der Waals surface area contributed by atoms with Crippen LogP contribution in [0, 0.1) is 5.41 Å².